The van der Waals surface area contributed by atoms with E-state index in [9.17, 15) is 0 Å². The molecule has 0 unspecified atom stereocenters. The van der Waals surface area contributed by atoms with Crippen molar-refractivity contribution >= 4 is 51.2 Å². The van der Waals surface area contributed by atoms with Gasteiger partial charge in [-0.3, -0.25) is 4.98 Å². The standard InChI is InChI=1S/C22H23ClN4S/c1-15-14-21(19-4-2-3-5-20(19)24-15)27-12-10-18(11-13-27)26-22(28)25-17-8-6-16(23)7-9-17/h2-9,14,18H,10-13H2,1H3,(H2,25,26,28). The number of pyridine rings is 1. The molecule has 4 rings (SSSR count). The van der Waals surface area contributed by atoms with Crippen molar-refractivity contribution in [3.63, 3.8) is 0 Å². The third kappa shape index (κ3) is 4.37. The number of thiocarbonyl (C=S) groups is 1. The van der Waals surface area contributed by atoms with Crippen LogP contribution in [0.25, 0.3) is 10.9 Å². The van der Waals surface area contributed by atoms with E-state index in [0.717, 1.165) is 47.9 Å². The highest BCUT2D eigenvalue weighted by atomic mass is 35.5. The third-order valence-corrected chi connectivity index (χ3v) is 5.57. The lowest BCUT2D eigenvalue weighted by molar-refractivity contribution is 0.468. The molecule has 0 aliphatic carbocycles. The minimum atomic E-state index is 0.373. The van der Waals surface area contributed by atoms with E-state index in [0.29, 0.717) is 11.2 Å². The lowest BCUT2D eigenvalue weighted by Gasteiger charge is -2.35. The maximum atomic E-state index is 5.93. The first-order chi connectivity index (χ1) is 13.6. The monoisotopic (exact) mass is 410 g/mol. The summed E-state index contributed by atoms with van der Waals surface area (Å²) in [5.41, 5.74) is 4.34. The van der Waals surface area contributed by atoms with Crippen LogP contribution in [-0.4, -0.2) is 29.2 Å². The Morgan fingerprint density at radius 1 is 1.11 bits per heavy atom. The summed E-state index contributed by atoms with van der Waals surface area (Å²) in [4.78, 5) is 7.12. The quantitative estimate of drug-likeness (QED) is 0.584. The number of para-hydroxylation sites is 1. The van der Waals surface area contributed by atoms with Crippen LogP contribution in [0, 0.1) is 6.92 Å². The van der Waals surface area contributed by atoms with E-state index >= 15 is 0 Å². The third-order valence-electron chi connectivity index (χ3n) is 5.10. The SMILES string of the molecule is Cc1cc(N2CCC(NC(=S)Nc3ccc(Cl)cc3)CC2)c2ccccc2n1. The summed E-state index contributed by atoms with van der Waals surface area (Å²) >= 11 is 11.4. The molecule has 1 saturated heterocycles. The van der Waals surface area contributed by atoms with Gasteiger partial charge in [0.1, 0.15) is 0 Å². The number of aromatic nitrogens is 1. The predicted octanol–water partition coefficient (Wildman–Crippen LogP) is 5.15. The first-order valence-electron chi connectivity index (χ1n) is 9.53. The largest absolute Gasteiger partial charge is 0.371 e. The predicted molar refractivity (Wildman–Crippen MR) is 123 cm³/mol. The summed E-state index contributed by atoms with van der Waals surface area (Å²) in [6.45, 7) is 4.05. The minimum Gasteiger partial charge on any atom is -0.371 e. The summed E-state index contributed by atoms with van der Waals surface area (Å²) in [5.74, 6) is 0. The van der Waals surface area contributed by atoms with Crippen molar-refractivity contribution in [3.8, 4) is 0 Å². The van der Waals surface area contributed by atoms with Gasteiger partial charge in [-0.1, -0.05) is 29.8 Å². The topological polar surface area (TPSA) is 40.2 Å². The molecule has 1 aromatic heterocycles. The van der Waals surface area contributed by atoms with Crippen LogP contribution in [0.5, 0.6) is 0 Å². The van der Waals surface area contributed by atoms with E-state index in [1.54, 1.807) is 0 Å². The number of fused-ring (bicyclic) bond motifs is 1. The summed E-state index contributed by atoms with van der Waals surface area (Å²) in [7, 11) is 0. The van der Waals surface area contributed by atoms with E-state index in [-0.39, 0.29) is 0 Å². The van der Waals surface area contributed by atoms with E-state index in [2.05, 4.69) is 51.7 Å². The zero-order valence-electron chi connectivity index (χ0n) is 15.8. The molecule has 144 valence electrons. The van der Waals surface area contributed by atoms with Gasteiger partial charge < -0.3 is 15.5 Å². The molecular formula is C22H23ClN4S. The first kappa shape index (κ1) is 19.0. The number of rotatable bonds is 3. The molecule has 0 bridgehead atoms. The van der Waals surface area contributed by atoms with Crippen LogP contribution in [0.2, 0.25) is 5.02 Å². The van der Waals surface area contributed by atoms with Crippen LogP contribution in [0.4, 0.5) is 11.4 Å². The average Bonchev–Trinajstić information content (AvgIpc) is 2.70. The van der Waals surface area contributed by atoms with E-state index < -0.39 is 0 Å². The van der Waals surface area contributed by atoms with Gasteiger partial charge in [-0.05, 0) is 68.4 Å². The molecular weight excluding hydrogens is 388 g/mol. The number of anilines is 2. The summed E-state index contributed by atoms with van der Waals surface area (Å²) in [6, 6.07) is 18.5. The van der Waals surface area contributed by atoms with Crippen LogP contribution in [-0.2, 0) is 0 Å². The van der Waals surface area contributed by atoms with Gasteiger partial charge in [-0.25, -0.2) is 0 Å². The Labute approximate surface area is 175 Å². The molecule has 0 amide bonds. The lowest BCUT2D eigenvalue weighted by Crippen LogP contribution is -2.46. The van der Waals surface area contributed by atoms with Crippen LogP contribution >= 0.6 is 23.8 Å². The van der Waals surface area contributed by atoms with Gasteiger partial charge in [-0.2, -0.15) is 0 Å². The lowest BCUT2D eigenvalue weighted by atomic mass is 10.0. The molecule has 1 aliphatic rings. The Balaban J connectivity index is 1.37. The van der Waals surface area contributed by atoms with Crippen molar-refractivity contribution in [2.24, 2.45) is 0 Å². The van der Waals surface area contributed by atoms with Crippen molar-refractivity contribution in [1.29, 1.82) is 0 Å². The number of hydrogen-bond acceptors (Lipinski definition) is 3. The summed E-state index contributed by atoms with van der Waals surface area (Å²) in [6.07, 6.45) is 2.08. The van der Waals surface area contributed by atoms with Gasteiger partial charge in [0.2, 0.25) is 0 Å². The number of piperidine rings is 1. The minimum absolute atomic E-state index is 0.373. The van der Waals surface area contributed by atoms with Crippen molar-refractivity contribution in [1.82, 2.24) is 10.3 Å². The molecule has 4 nitrogen and oxygen atoms in total. The fraction of sp³-hybridized carbons (Fsp3) is 0.273. The highest BCUT2D eigenvalue weighted by Crippen LogP contribution is 2.29. The van der Waals surface area contributed by atoms with Gasteiger partial charge in [0.05, 0.1) is 5.52 Å². The van der Waals surface area contributed by atoms with Crippen molar-refractivity contribution in [2.75, 3.05) is 23.3 Å². The second kappa shape index (κ2) is 8.33. The Morgan fingerprint density at radius 3 is 2.57 bits per heavy atom. The zero-order chi connectivity index (χ0) is 19.5. The molecule has 0 saturated carbocycles. The molecule has 6 heteroatoms. The van der Waals surface area contributed by atoms with Crippen LogP contribution in [0.15, 0.2) is 54.6 Å². The number of halogens is 1. The molecule has 0 spiro atoms. The van der Waals surface area contributed by atoms with Gasteiger partial charge in [0.25, 0.3) is 0 Å². The molecule has 1 fully saturated rings. The molecule has 0 atom stereocenters. The van der Waals surface area contributed by atoms with E-state index in [1.165, 1.54) is 11.1 Å². The summed E-state index contributed by atoms with van der Waals surface area (Å²) < 4.78 is 0. The number of nitrogens with one attached hydrogen (secondary N) is 2. The molecule has 2 heterocycles. The highest BCUT2D eigenvalue weighted by Gasteiger charge is 2.21. The second-order valence-electron chi connectivity index (χ2n) is 7.17. The molecule has 2 N–H and O–H groups in total. The maximum Gasteiger partial charge on any atom is 0.170 e. The summed E-state index contributed by atoms with van der Waals surface area (Å²) in [5, 5.41) is 9.28. The number of benzene rings is 2. The fourth-order valence-electron chi connectivity index (χ4n) is 3.70. The smallest absolute Gasteiger partial charge is 0.170 e. The molecule has 0 radical (unpaired) electrons. The van der Waals surface area contributed by atoms with E-state index in [4.69, 9.17) is 23.8 Å². The maximum absolute atomic E-state index is 5.93. The van der Waals surface area contributed by atoms with Gasteiger partial charge in [-0.15, -0.1) is 0 Å². The van der Waals surface area contributed by atoms with Crippen LogP contribution < -0.4 is 15.5 Å². The normalized spacial score (nSPS) is 14.9. The Kier molecular flexibility index (Phi) is 5.64. The Bertz CT molecular complexity index is 981. The van der Waals surface area contributed by atoms with Crippen molar-refractivity contribution < 1.29 is 0 Å². The van der Waals surface area contributed by atoms with Crippen molar-refractivity contribution in [3.05, 3.63) is 65.3 Å². The molecule has 28 heavy (non-hydrogen) atoms. The zero-order valence-corrected chi connectivity index (χ0v) is 17.4. The molecule has 1 aliphatic heterocycles. The number of nitrogens with zero attached hydrogens (tertiary/aromatic N) is 2. The highest BCUT2D eigenvalue weighted by molar-refractivity contribution is 7.80. The Morgan fingerprint density at radius 2 is 1.82 bits per heavy atom. The van der Waals surface area contributed by atoms with Crippen molar-refractivity contribution in [2.45, 2.75) is 25.8 Å². The Hall–Kier alpha value is -2.37. The fourth-order valence-corrected chi connectivity index (χ4v) is 4.11. The number of aryl methyl sites for hydroxylation is 1. The van der Waals surface area contributed by atoms with Gasteiger partial charge >= 0.3 is 0 Å². The first-order valence-corrected chi connectivity index (χ1v) is 10.3. The van der Waals surface area contributed by atoms with Crippen LogP contribution in [0.3, 0.4) is 0 Å². The molecule has 3 aromatic rings. The van der Waals surface area contributed by atoms with E-state index in [1.807, 2.05) is 30.3 Å². The molecule has 2 aromatic carbocycles. The van der Waals surface area contributed by atoms with Gasteiger partial charge in [0.15, 0.2) is 5.11 Å². The van der Waals surface area contributed by atoms with Crippen LogP contribution in [0.1, 0.15) is 18.5 Å². The number of hydrogen-bond donors (Lipinski definition) is 2. The second-order valence-corrected chi connectivity index (χ2v) is 8.01. The average molecular weight is 411 g/mol. The van der Waals surface area contributed by atoms with Gasteiger partial charge in [0, 0.05) is 46.6 Å².